The van der Waals surface area contributed by atoms with Crippen LogP contribution in [0.3, 0.4) is 0 Å². The third kappa shape index (κ3) is 1.79. The molecule has 0 aliphatic carbocycles. The van der Waals surface area contributed by atoms with E-state index in [1.807, 2.05) is 0 Å². The van der Waals surface area contributed by atoms with Gasteiger partial charge in [-0.2, -0.15) is 0 Å². The van der Waals surface area contributed by atoms with Crippen LogP contribution in [0.2, 0.25) is 0 Å². The number of anilines is 1. The number of hydrogen-bond acceptors (Lipinski definition) is 5. The zero-order valence-electron chi connectivity index (χ0n) is 10.1. The number of fused-ring (bicyclic) bond motifs is 1. The highest BCUT2D eigenvalue weighted by Gasteiger charge is 2.31. The molecular weight excluding hydrogens is 232 g/mol. The Morgan fingerprint density at radius 2 is 2.29 bits per heavy atom. The summed E-state index contributed by atoms with van der Waals surface area (Å²) in [6.45, 7) is 7.50. The fourth-order valence-corrected chi connectivity index (χ4v) is 3.19. The van der Waals surface area contributed by atoms with Crippen molar-refractivity contribution in [2.24, 2.45) is 0 Å². The number of thiophene rings is 1. The van der Waals surface area contributed by atoms with Gasteiger partial charge >= 0.3 is 0 Å². The fourth-order valence-electron chi connectivity index (χ4n) is 2.34. The van der Waals surface area contributed by atoms with Crippen molar-refractivity contribution in [2.75, 3.05) is 24.5 Å². The van der Waals surface area contributed by atoms with E-state index in [1.54, 1.807) is 17.7 Å². The van der Waals surface area contributed by atoms with Crippen molar-refractivity contribution in [3.63, 3.8) is 0 Å². The number of rotatable bonds is 1. The summed E-state index contributed by atoms with van der Waals surface area (Å²) < 4.78 is 1.20. The maximum absolute atomic E-state index is 4.50. The Hall–Kier alpha value is -1.20. The van der Waals surface area contributed by atoms with Gasteiger partial charge in [0.2, 0.25) is 0 Å². The molecule has 90 valence electrons. The van der Waals surface area contributed by atoms with Crippen molar-refractivity contribution >= 4 is 27.4 Å². The van der Waals surface area contributed by atoms with Crippen LogP contribution in [0.25, 0.3) is 10.2 Å². The summed E-state index contributed by atoms with van der Waals surface area (Å²) in [5.41, 5.74) is 1.15. The largest absolute Gasteiger partial charge is 0.348 e. The molecule has 0 saturated carbocycles. The zero-order valence-corrected chi connectivity index (χ0v) is 10.9. The molecule has 2 aromatic rings. The lowest BCUT2D eigenvalue weighted by molar-refractivity contribution is 0.379. The summed E-state index contributed by atoms with van der Waals surface area (Å²) in [5, 5.41) is 5.52. The maximum atomic E-state index is 4.50. The van der Waals surface area contributed by atoms with Gasteiger partial charge in [0.25, 0.3) is 0 Å². The van der Waals surface area contributed by atoms with Crippen LogP contribution in [-0.4, -0.2) is 35.1 Å². The average molecular weight is 248 g/mol. The number of aromatic nitrogens is 2. The van der Waals surface area contributed by atoms with E-state index in [4.69, 9.17) is 0 Å². The first kappa shape index (κ1) is 10.9. The second-order valence-corrected chi connectivity index (χ2v) is 5.89. The van der Waals surface area contributed by atoms with Crippen LogP contribution >= 0.6 is 11.3 Å². The van der Waals surface area contributed by atoms with Gasteiger partial charge in [0, 0.05) is 25.2 Å². The highest BCUT2D eigenvalue weighted by molar-refractivity contribution is 7.17. The average Bonchev–Trinajstić information content (AvgIpc) is 2.76. The molecule has 2 aromatic heterocycles. The number of nitrogens with one attached hydrogen (secondary N) is 1. The molecule has 1 N–H and O–H groups in total. The minimum absolute atomic E-state index is 0.101. The molecule has 3 rings (SSSR count). The van der Waals surface area contributed by atoms with Crippen molar-refractivity contribution in [3.8, 4) is 0 Å². The van der Waals surface area contributed by atoms with E-state index in [9.17, 15) is 0 Å². The number of hydrogen-bond donors (Lipinski definition) is 1. The smallest absolute Gasteiger partial charge is 0.150 e. The van der Waals surface area contributed by atoms with Gasteiger partial charge in [0.15, 0.2) is 5.82 Å². The van der Waals surface area contributed by atoms with Gasteiger partial charge in [-0.1, -0.05) is 0 Å². The molecule has 0 unspecified atom stereocenters. The Bertz CT molecular complexity index is 534. The molecule has 4 nitrogen and oxygen atoms in total. The molecule has 1 saturated heterocycles. The summed E-state index contributed by atoms with van der Waals surface area (Å²) in [4.78, 5) is 11.2. The normalized spacial score (nSPS) is 19.8. The third-order valence-corrected chi connectivity index (χ3v) is 4.18. The van der Waals surface area contributed by atoms with Gasteiger partial charge in [-0.15, -0.1) is 11.3 Å². The van der Waals surface area contributed by atoms with E-state index in [1.165, 1.54) is 4.70 Å². The molecule has 1 aliphatic rings. The van der Waals surface area contributed by atoms with E-state index in [0.29, 0.717) is 0 Å². The van der Waals surface area contributed by atoms with Gasteiger partial charge in [0.05, 0.1) is 10.2 Å². The summed E-state index contributed by atoms with van der Waals surface area (Å²) in [5.74, 6) is 1.08. The SMILES string of the molecule is CC1(C)CNCCN1c1ncnc2ccsc12. The van der Waals surface area contributed by atoms with E-state index >= 15 is 0 Å². The molecule has 5 heteroatoms. The summed E-state index contributed by atoms with van der Waals surface area (Å²) in [7, 11) is 0. The van der Waals surface area contributed by atoms with Crippen LogP contribution in [0.15, 0.2) is 17.8 Å². The lowest BCUT2D eigenvalue weighted by atomic mass is 10.0. The fraction of sp³-hybridized carbons (Fsp3) is 0.500. The Kier molecular flexibility index (Phi) is 2.52. The first-order chi connectivity index (χ1) is 8.18. The number of piperazine rings is 1. The molecule has 0 spiro atoms. The zero-order chi connectivity index (χ0) is 11.9. The standard InChI is InChI=1S/C12H16N4S/c1-12(2)7-13-4-5-16(12)11-10-9(3-6-17-10)14-8-15-11/h3,6,8,13H,4-5,7H2,1-2H3. The Balaban J connectivity index is 2.11. The van der Waals surface area contributed by atoms with Gasteiger partial charge in [-0.3, -0.25) is 0 Å². The van der Waals surface area contributed by atoms with Crippen LogP contribution < -0.4 is 10.2 Å². The van der Waals surface area contributed by atoms with Gasteiger partial charge in [-0.05, 0) is 25.3 Å². The highest BCUT2D eigenvalue weighted by atomic mass is 32.1. The summed E-state index contributed by atoms with van der Waals surface area (Å²) in [6.07, 6.45) is 1.67. The van der Waals surface area contributed by atoms with Crippen LogP contribution in [0.4, 0.5) is 5.82 Å². The Labute approximate surface area is 105 Å². The van der Waals surface area contributed by atoms with Gasteiger partial charge in [0.1, 0.15) is 6.33 Å². The van der Waals surface area contributed by atoms with Crippen LogP contribution in [0.1, 0.15) is 13.8 Å². The molecule has 3 heterocycles. The lowest BCUT2D eigenvalue weighted by Crippen LogP contribution is -2.58. The highest BCUT2D eigenvalue weighted by Crippen LogP contribution is 2.32. The van der Waals surface area contributed by atoms with E-state index in [2.05, 4.69) is 45.5 Å². The van der Waals surface area contributed by atoms with Crippen molar-refractivity contribution in [1.82, 2.24) is 15.3 Å². The maximum Gasteiger partial charge on any atom is 0.150 e. The van der Waals surface area contributed by atoms with E-state index in [-0.39, 0.29) is 5.54 Å². The van der Waals surface area contributed by atoms with Crippen LogP contribution in [-0.2, 0) is 0 Å². The monoisotopic (exact) mass is 248 g/mol. The molecule has 0 radical (unpaired) electrons. The molecule has 1 fully saturated rings. The molecule has 0 bridgehead atoms. The first-order valence-electron chi connectivity index (χ1n) is 5.85. The molecule has 1 aliphatic heterocycles. The molecule has 17 heavy (non-hydrogen) atoms. The summed E-state index contributed by atoms with van der Waals surface area (Å²) in [6, 6.07) is 2.06. The Morgan fingerprint density at radius 3 is 3.12 bits per heavy atom. The summed E-state index contributed by atoms with van der Waals surface area (Å²) >= 11 is 1.72. The topological polar surface area (TPSA) is 41.0 Å². The third-order valence-electron chi connectivity index (χ3n) is 3.28. The van der Waals surface area contributed by atoms with E-state index in [0.717, 1.165) is 31.0 Å². The quantitative estimate of drug-likeness (QED) is 0.836. The molecule has 0 amide bonds. The predicted octanol–water partition coefficient (Wildman–Crippen LogP) is 1.88. The van der Waals surface area contributed by atoms with Crippen molar-refractivity contribution in [3.05, 3.63) is 17.8 Å². The van der Waals surface area contributed by atoms with Crippen LogP contribution in [0, 0.1) is 0 Å². The minimum atomic E-state index is 0.101. The Morgan fingerprint density at radius 1 is 1.41 bits per heavy atom. The van der Waals surface area contributed by atoms with Crippen molar-refractivity contribution < 1.29 is 0 Å². The minimum Gasteiger partial charge on any atom is -0.348 e. The van der Waals surface area contributed by atoms with Crippen molar-refractivity contribution in [2.45, 2.75) is 19.4 Å². The number of nitrogens with zero attached hydrogens (tertiary/aromatic N) is 3. The van der Waals surface area contributed by atoms with Gasteiger partial charge in [-0.25, -0.2) is 9.97 Å². The predicted molar refractivity (Wildman–Crippen MR) is 71.7 cm³/mol. The molecular formula is C12H16N4S. The second-order valence-electron chi connectivity index (χ2n) is 4.97. The second kappa shape index (κ2) is 3.92. The van der Waals surface area contributed by atoms with Gasteiger partial charge < -0.3 is 10.2 Å². The van der Waals surface area contributed by atoms with Crippen LogP contribution in [0.5, 0.6) is 0 Å². The molecule has 0 aromatic carbocycles. The van der Waals surface area contributed by atoms with Crippen molar-refractivity contribution in [1.29, 1.82) is 0 Å². The molecule has 0 atom stereocenters. The van der Waals surface area contributed by atoms with E-state index < -0.39 is 0 Å². The lowest BCUT2D eigenvalue weighted by Gasteiger charge is -2.43. The first-order valence-corrected chi connectivity index (χ1v) is 6.73.